The predicted octanol–water partition coefficient (Wildman–Crippen LogP) is 1.76. The number of carbonyl (C=O) groups is 1. The van der Waals surface area contributed by atoms with Crippen molar-refractivity contribution in [2.75, 3.05) is 5.32 Å². The summed E-state index contributed by atoms with van der Waals surface area (Å²) in [5, 5.41) is 3.06. The Bertz CT molecular complexity index is 1080. The van der Waals surface area contributed by atoms with Gasteiger partial charge in [-0.05, 0) is 18.1 Å². The number of aryl methyl sites for hydroxylation is 1. The van der Waals surface area contributed by atoms with E-state index < -0.39 is 11.2 Å². The molecule has 0 spiro atoms. The van der Waals surface area contributed by atoms with Crippen LogP contribution in [-0.4, -0.2) is 20.0 Å². The third-order valence-corrected chi connectivity index (χ3v) is 4.53. The minimum atomic E-state index is -0.487. The summed E-state index contributed by atoms with van der Waals surface area (Å²) in [6.07, 6.45) is 2.09. The molecule has 0 saturated carbocycles. The van der Waals surface area contributed by atoms with Gasteiger partial charge in [-0.2, -0.15) is 0 Å². The molecule has 2 aromatic heterocycles. The van der Waals surface area contributed by atoms with Gasteiger partial charge in [0, 0.05) is 20.3 Å². The molecule has 1 amide bonds. The Labute approximate surface area is 149 Å². The van der Waals surface area contributed by atoms with Crippen LogP contribution in [0.4, 0.5) is 5.69 Å². The number of benzene rings is 1. The van der Waals surface area contributed by atoms with E-state index in [1.807, 2.05) is 37.3 Å². The molecule has 0 bridgehead atoms. The highest BCUT2D eigenvalue weighted by atomic mass is 16.2. The molecular weight excluding hydrogens is 332 g/mol. The van der Waals surface area contributed by atoms with Crippen LogP contribution in [-0.2, 0) is 18.9 Å². The summed E-state index contributed by atoms with van der Waals surface area (Å²) in [5.41, 5.74) is 0.550. The lowest BCUT2D eigenvalue weighted by Crippen LogP contribution is -2.37. The molecule has 26 heavy (non-hydrogen) atoms. The fourth-order valence-electron chi connectivity index (χ4n) is 3.07. The Morgan fingerprint density at radius 1 is 1.12 bits per heavy atom. The second-order valence-corrected chi connectivity index (χ2v) is 6.12. The van der Waals surface area contributed by atoms with Gasteiger partial charge in [0.15, 0.2) is 5.65 Å². The van der Waals surface area contributed by atoms with Gasteiger partial charge in [0.05, 0.1) is 11.6 Å². The maximum absolute atomic E-state index is 12.8. The molecule has 0 saturated heterocycles. The lowest BCUT2D eigenvalue weighted by atomic mass is 9.95. The topological polar surface area (TPSA) is 86.0 Å². The Balaban J connectivity index is 2.08. The van der Waals surface area contributed by atoms with Crippen molar-refractivity contribution in [2.45, 2.75) is 19.3 Å². The Morgan fingerprint density at radius 3 is 2.46 bits per heavy atom. The average molecular weight is 352 g/mol. The predicted molar refractivity (Wildman–Crippen MR) is 100 cm³/mol. The number of nitrogens with zero attached hydrogens (tertiary/aromatic N) is 3. The smallest absolute Gasteiger partial charge is 0.325 e. The number of rotatable bonds is 4. The van der Waals surface area contributed by atoms with Crippen LogP contribution in [0, 0.1) is 0 Å². The molecule has 1 unspecified atom stereocenters. The summed E-state index contributed by atoms with van der Waals surface area (Å²) in [7, 11) is 2.95. The summed E-state index contributed by atoms with van der Waals surface area (Å²) >= 11 is 0. The standard InChI is InChI=1S/C19H20N4O3/c1-4-13(12-8-6-5-7-9-12)17(24)21-14-10-11-20-16-15(14)18(25)23(3)19(26)22(16)2/h5-11,13H,4H2,1-3H3,(H,20,21,24). The van der Waals surface area contributed by atoms with Crippen LogP contribution >= 0.6 is 0 Å². The second kappa shape index (κ2) is 6.95. The number of anilines is 1. The molecule has 2 heterocycles. The SMILES string of the molecule is CCC(C(=O)Nc1ccnc2c1c(=O)n(C)c(=O)n2C)c1ccccc1. The van der Waals surface area contributed by atoms with E-state index in [1.165, 1.54) is 17.8 Å². The highest BCUT2D eigenvalue weighted by Gasteiger charge is 2.21. The third kappa shape index (κ3) is 2.92. The van der Waals surface area contributed by atoms with E-state index in [4.69, 9.17) is 0 Å². The summed E-state index contributed by atoms with van der Waals surface area (Å²) in [4.78, 5) is 41.6. The highest BCUT2D eigenvalue weighted by Crippen LogP contribution is 2.23. The summed E-state index contributed by atoms with van der Waals surface area (Å²) in [6, 6.07) is 11.1. The number of fused-ring (bicyclic) bond motifs is 1. The molecule has 7 nitrogen and oxygen atoms in total. The van der Waals surface area contributed by atoms with Crippen LogP contribution < -0.4 is 16.6 Å². The van der Waals surface area contributed by atoms with Crippen LogP contribution in [0.15, 0.2) is 52.2 Å². The van der Waals surface area contributed by atoms with Crippen molar-refractivity contribution in [1.29, 1.82) is 0 Å². The summed E-state index contributed by atoms with van der Waals surface area (Å²) < 4.78 is 2.30. The van der Waals surface area contributed by atoms with Crippen molar-refractivity contribution in [3.05, 3.63) is 69.0 Å². The number of carbonyl (C=O) groups excluding carboxylic acids is 1. The van der Waals surface area contributed by atoms with Gasteiger partial charge in [0.2, 0.25) is 5.91 Å². The fourth-order valence-corrected chi connectivity index (χ4v) is 3.07. The molecule has 3 rings (SSSR count). The van der Waals surface area contributed by atoms with Gasteiger partial charge in [-0.15, -0.1) is 0 Å². The first-order chi connectivity index (χ1) is 12.5. The van der Waals surface area contributed by atoms with Crippen molar-refractivity contribution in [2.24, 2.45) is 14.1 Å². The van der Waals surface area contributed by atoms with Crippen molar-refractivity contribution >= 4 is 22.6 Å². The van der Waals surface area contributed by atoms with Crippen LogP contribution in [0.1, 0.15) is 24.8 Å². The summed E-state index contributed by atoms with van der Waals surface area (Å²) in [6.45, 7) is 1.94. The third-order valence-electron chi connectivity index (χ3n) is 4.53. The van der Waals surface area contributed by atoms with Crippen molar-refractivity contribution in [3.8, 4) is 0 Å². The van der Waals surface area contributed by atoms with E-state index in [2.05, 4.69) is 10.3 Å². The Kier molecular flexibility index (Phi) is 4.71. The van der Waals surface area contributed by atoms with E-state index in [9.17, 15) is 14.4 Å². The second-order valence-electron chi connectivity index (χ2n) is 6.12. The zero-order valence-corrected chi connectivity index (χ0v) is 14.9. The molecule has 1 N–H and O–H groups in total. The van der Waals surface area contributed by atoms with E-state index in [1.54, 1.807) is 13.1 Å². The lowest BCUT2D eigenvalue weighted by Gasteiger charge is -2.16. The van der Waals surface area contributed by atoms with Crippen molar-refractivity contribution < 1.29 is 4.79 Å². The molecule has 0 fully saturated rings. The first kappa shape index (κ1) is 17.6. The van der Waals surface area contributed by atoms with Gasteiger partial charge in [-0.1, -0.05) is 37.3 Å². The molecule has 0 aliphatic rings. The number of aromatic nitrogens is 3. The summed E-state index contributed by atoms with van der Waals surface area (Å²) in [5.74, 6) is -0.544. The minimum Gasteiger partial charge on any atom is -0.325 e. The van der Waals surface area contributed by atoms with Gasteiger partial charge in [-0.25, -0.2) is 9.78 Å². The molecule has 0 radical (unpaired) electrons. The number of hydrogen-bond donors (Lipinski definition) is 1. The zero-order chi connectivity index (χ0) is 18.8. The maximum Gasteiger partial charge on any atom is 0.332 e. The van der Waals surface area contributed by atoms with Gasteiger partial charge in [0.25, 0.3) is 5.56 Å². The van der Waals surface area contributed by atoms with Gasteiger partial charge < -0.3 is 5.32 Å². The van der Waals surface area contributed by atoms with E-state index in [0.29, 0.717) is 12.1 Å². The quantitative estimate of drug-likeness (QED) is 0.775. The number of amides is 1. The zero-order valence-electron chi connectivity index (χ0n) is 14.9. The van der Waals surface area contributed by atoms with Crippen molar-refractivity contribution in [1.82, 2.24) is 14.1 Å². The largest absolute Gasteiger partial charge is 0.332 e. The van der Waals surface area contributed by atoms with E-state index >= 15 is 0 Å². The number of nitrogens with one attached hydrogen (secondary N) is 1. The van der Waals surface area contributed by atoms with Gasteiger partial charge in [-0.3, -0.25) is 18.7 Å². The minimum absolute atomic E-state index is 0.206. The molecule has 134 valence electrons. The normalized spacial score (nSPS) is 12.1. The molecular formula is C19H20N4O3. The molecule has 7 heteroatoms. The number of pyridine rings is 1. The van der Waals surface area contributed by atoms with Gasteiger partial charge in [0.1, 0.15) is 5.39 Å². The van der Waals surface area contributed by atoms with Gasteiger partial charge >= 0.3 is 5.69 Å². The van der Waals surface area contributed by atoms with Crippen molar-refractivity contribution in [3.63, 3.8) is 0 Å². The maximum atomic E-state index is 12.8. The monoisotopic (exact) mass is 352 g/mol. The highest BCUT2D eigenvalue weighted by molar-refractivity contribution is 6.02. The van der Waals surface area contributed by atoms with Crippen LogP contribution in [0.2, 0.25) is 0 Å². The van der Waals surface area contributed by atoms with Crippen LogP contribution in [0.3, 0.4) is 0 Å². The molecule has 3 aromatic rings. The lowest BCUT2D eigenvalue weighted by molar-refractivity contribution is -0.117. The molecule has 0 aliphatic heterocycles. The van der Waals surface area contributed by atoms with E-state index in [-0.39, 0.29) is 22.9 Å². The number of hydrogen-bond acceptors (Lipinski definition) is 4. The first-order valence-electron chi connectivity index (χ1n) is 8.36. The van der Waals surface area contributed by atoms with Crippen LogP contribution in [0.5, 0.6) is 0 Å². The van der Waals surface area contributed by atoms with Crippen LogP contribution in [0.25, 0.3) is 11.0 Å². The molecule has 1 aromatic carbocycles. The Morgan fingerprint density at radius 2 is 1.81 bits per heavy atom. The molecule has 0 aliphatic carbocycles. The average Bonchev–Trinajstić information content (AvgIpc) is 2.66. The fraction of sp³-hybridized carbons (Fsp3) is 0.263. The Hall–Kier alpha value is -3.22. The van der Waals surface area contributed by atoms with E-state index in [0.717, 1.165) is 10.1 Å². The first-order valence-corrected chi connectivity index (χ1v) is 8.36. The molecule has 1 atom stereocenters.